The fourth-order valence-corrected chi connectivity index (χ4v) is 2.78. The highest BCUT2D eigenvalue weighted by atomic mass is 32.1. The molecule has 0 bridgehead atoms. The number of alkyl carbamates (subject to hydrolysis) is 1. The smallest absolute Gasteiger partial charge is 0.407 e. The van der Waals surface area contributed by atoms with Crippen LogP contribution >= 0.6 is 11.3 Å². The first-order chi connectivity index (χ1) is 11.9. The molecule has 0 aliphatic rings. The number of nitrogens with zero attached hydrogens (tertiary/aromatic N) is 1. The van der Waals surface area contributed by atoms with Gasteiger partial charge in [-0.1, -0.05) is 0 Å². The molecule has 1 heterocycles. The lowest BCUT2D eigenvalue weighted by atomic mass is 10.1. The van der Waals surface area contributed by atoms with Gasteiger partial charge in [0.2, 0.25) is 0 Å². The molecule has 1 amide bonds. The zero-order chi connectivity index (χ0) is 18.3. The Morgan fingerprint density at radius 2 is 2.00 bits per heavy atom. The average Bonchev–Trinajstić information content (AvgIpc) is 3.01. The van der Waals surface area contributed by atoms with Crippen LogP contribution in [0.25, 0.3) is 10.6 Å². The summed E-state index contributed by atoms with van der Waals surface area (Å²) < 4.78 is 10.8. The minimum atomic E-state index is -0.429. The van der Waals surface area contributed by atoms with Gasteiger partial charge in [0.25, 0.3) is 0 Å². The van der Waals surface area contributed by atoms with E-state index in [1.807, 2.05) is 45.0 Å². The third kappa shape index (κ3) is 6.72. The van der Waals surface area contributed by atoms with Crippen molar-refractivity contribution in [2.24, 2.45) is 5.73 Å². The molecule has 136 valence electrons. The Morgan fingerprint density at radius 1 is 1.28 bits per heavy atom. The fraction of sp³-hybridized carbons (Fsp3) is 0.444. The molecule has 1 aromatic heterocycles. The van der Waals surface area contributed by atoms with Crippen LogP contribution in [0.4, 0.5) is 4.79 Å². The fourth-order valence-electron chi connectivity index (χ4n) is 1.95. The Hall–Kier alpha value is -2.12. The van der Waals surface area contributed by atoms with Gasteiger partial charge in [0.1, 0.15) is 17.4 Å². The molecule has 25 heavy (non-hydrogen) atoms. The second-order valence-electron chi connectivity index (χ2n) is 6.60. The number of aromatic nitrogens is 1. The Labute approximate surface area is 152 Å². The topological polar surface area (TPSA) is 86.5 Å². The minimum Gasteiger partial charge on any atom is -0.494 e. The summed E-state index contributed by atoms with van der Waals surface area (Å²) in [5, 5.41) is 3.63. The molecule has 0 fully saturated rings. The van der Waals surface area contributed by atoms with Gasteiger partial charge < -0.3 is 20.5 Å². The highest BCUT2D eigenvalue weighted by Gasteiger charge is 2.15. The van der Waals surface area contributed by atoms with Gasteiger partial charge in [0, 0.05) is 17.3 Å². The molecule has 0 radical (unpaired) electrons. The summed E-state index contributed by atoms with van der Waals surface area (Å²) in [7, 11) is 0. The molecule has 3 N–H and O–H groups in total. The number of hydrogen-bond donors (Lipinski definition) is 2. The summed E-state index contributed by atoms with van der Waals surface area (Å²) in [6, 6.07) is 7.77. The highest BCUT2D eigenvalue weighted by Crippen LogP contribution is 2.27. The van der Waals surface area contributed by atoms with E-state index in [4.69, 9.17) is 15.2 Å². The summed E-state index contributed by atoms with van der Waals surface area (Å²) >= 11 is 1.50. The predicted octanol–water partition coefficient (Wildman–Crippen LogP) is 3.56. The van der Waals surface area contributed by atoms with Crippen LogP contribution in [-0.4, -0.2) is 29.8 Å². The molecule has 2 aromatic rings. The van der Waals surface area contributed by atoms with E-state index in [0.29, 0.717) is 13.2 Å². The number of benzene rings is 1. The molecule has 0 saturated heterocycles. The van der Waals surface area contributed by atoms with Gasteiger partial charge in [-0.05, 0) is 58.0 Å². The van der Waals surface area contributed by atoms with Crippen LogP contribution < -0.4 is 15.8 Å². The summed E-state index contributed by atoms with van der Waals surface area (Å²) in [4.78, 5) is 17.0. The van der Waals surface area contributed by atoms with Crippen molar-refractivity contribution in [3.05, 3.63) is 35.3 Å². The highest BCUT2D eigenvalue weighted by molar-refractivity contribution is 7.15. The number of nitrogens with two attached hydrogens (primary N) is 1. The standard InChI is InChI=1S/C18H25N3O3S/c1-18(2,3)21-17(22)24-12-15-11-20-16(25-15)13-5-7-14(8-6-13)23-10-4-9-19/h5-8,11H,4,9-10,12,19H2,1-3H3,(H,21,22). The summed E-state index contributed by atoms with van der Waals surface area (Å²) in [5.41, 5.74) is 6.13. The first-order valence-electron chi connectivity index (χ1n) is 8.20. The molecule has 0 spiro atoms. The maximum atomic E-state index is 11.7. The van der Waals surface area contributed by atoms with Crippen molar-refractivity contribution in [3.63, 3.8) is 0 Å². The largest absolute Gasteiger partial charge is 0.494 e. The predicted molar refractivity (Wildman–Crippen MR) is 99.8 cm³/mol. The zero-order valence-electron chi connectivity index (χ0n) is 14.9. The van der Waals surface area contributed by atoms with Gasteiger partial charge in [-0.3, -0.25) is 0 Å². The number of ether oxygens (including phenoxy) is 2. The van der Waals surface area contributed by atoms with Gasteiger partial charge in [0.15, 0.2) is 0 Å². The van der Waals surface area contributed by atoms with Crippen LogP contribution in [0, 0.1) is 0 Å². The number of carbonyl (C=O) groups is 1. The maximum Gasteiger partial charge on any atom is 0.407 e. The van der Waals surface area contributed by atoms with E-state index in [1.165, 1.54) is 11.3 Å². The molecule has 0 aliphatic heterocycles. The third-order valence-electron chi connectivity index (χ3n) is 3.09. The van der Waals surface area contributed by atoms with E-state index in [2.05, 4.69) is 10.3 Å². The second-order valence-corrected chi connectivity index (χ2v) is 7.71. The van der Waals surface area contributed by atoms with E-state index < -0.39 is 6.09 Å². The molecule has 1 aromatic carbocycles. The van der Waals surface area contributed by atoms with Crippen molar-refractivity contribution in [2.45, 2.75) is 39.3 Å². The van der Waals surface area contributed by atoms with Gasteiger partial charge in [-0.25, -0.2) is 9.78 Å². The Morgan fingerprint density at radius 3 is 2.64 bits per heavy atom. The number of rotatable bonds is 7. The number of amides is 1. The lowest BCUT2D eigenvalue weighted by Gasteiger charge is -2.19. The van der Waals surface area contributed by atoms with E-state index >= 15 is 0 Å². The Balaban J connectivity index is 1.89. The van der Waals surface area contributed by atoms with Crippen LogP contribution in [0.5, 0.6) is 5.75 Å². The van der Waals surface area contributed by atoms with E-state index in [0.717, 1.165) is 27.6 Å². The number of nitrogens with one attached hydrogen (secondary N) is 1. The zero-order valence-corrected chi connectivity index (χ0v) is 15.7. The van der Waals surface area contributed by atoms with E-state index in [9.17, 15) is 4.79 Å². The molecule has 0 unspecified atom stereocenters. The lowest BCUT2D eigenvalue weighted by molar-refractivity contribution is 0.132. The van der Waals surface area contributed by atoms with E-state index in [-0.39, 0.29) is 12.1 Å². The van der Waals surface area contributed by atoms with Crippen LogP contribution in [0.2, 0.25) is 0 Å². The molecular weight excluding hydrogens is 338 g/mol. The Kier molecular flexibility index (Phi) is 6.78. The van der Waals surface area contributed by atoms with Crippen molar-refractivity contribution < 1.29 is 14.3 Å². The van der Waals surface area contributed by atoms with E-state index in [1.54, 1.807) is 6.20 Å². The van der Waals surface area contributed by atoms with Crippen molar-refractivity contribution in [1.29, 1.82) is 0 Å². The van der Waals surface area contributed by atoms with Crippen molar-refractivity contribution >= 4 is 17.4 Å². The third-order valence-corrected chi connectivity index (χ3v) is 4.11. The molecule has 0 aliphatic carbocycles. The summed E-state index contributed by atoms with van der Waals surface area (Å²) in [6.45, 7) is 7.16. The van der Waals surface area contributed by atoms with Gasteiger partial charge in [-0.15, -0.1) is 11.3 Å². The molecule has 2 rings (SSSR count). The monoisotopic (exact) mass is 363 g/mol. The molecule has 6 nitrogen and oxygen atoms in total. The molecule has 0 atom stereocenters. The normalized spacial score (nSPS) is 11.2. The SMILES string of the molecule is CC(C)(C)NC(=O)OCc1cnc(-c2ccc(OCCCN)cc2)s1. The minimum absolute atomic E-state index is 0.208. The summed E-state index contributed by atoms with van der Waals surface area (Å²) in [5.74, 6) is 0.816. The van der Waals surface area contributed by atoms with Crippen LogP contribution in [0.15, 0.2) is 30.5 Å². The number of carbonyl (C=O) groups excluding carboxylic acids is 1. The lowest BCUT2D eigenvalue weighted by Crippen LogP contribution is -2.40. The first kappa shape index (κ1) is 19.2. The van der Waals surface area contributed by atoms with Gasteiger partial charge in [-0.2, -0.15) is 0 Å². The molecule has 7 heteroatoms. The maximum absolute atomic E-state index is 11.7. The van der Waals surface area contributed by atoms with Crippen LogP contribution in [0.3, 0.4) is 0 Å². The van der Waals surface area contributed by atoms with Gasteiger partial charge in [0.05, 0.1) is 11.5 Å². The van der Waals surface area contributed by atoms with Crippen molar-refractivity contribution in [2.75, 3.05) is 13.2 Å². The molecular formula is C18H25N3O3S. The van der Waals surface area contributed by atoms with Crippen molar-refractivity contribution in [3.8, 4) is 16.3 Å². The van der Waals surface area contributed by atoms with Crippen LogP contribution in [-0.2, 0) is 11.3 Å². The average molecular weight is 363 g/mol. The molecule has 0 saturated carbocycles. The first-order valence-corrected chi connectivity index (χ1v) is 9.02. The quantitative estimate of drug-likeness (QED) is 0.735. The number of hydrogen-bond acceptors (Lipinski definition) is 6. The summed E-state index contributed by atoms with van der Waals surface area (Å²) in [6.07, 6.45) is 2.14. The number of thiazole rings is 1. The van der Waals surface area contributed by atoms with Gasteiger partial charge >= 0.3 is 6.09 Å². The second kappa shape index (κ2) is 8.82. The van der Waals surface area contributed by atoms with Crippen molar-refractivity contribution in [1.82, 2.24) is 10.3 Å². The Bertz CT molecular complexity index is 678. The van der Waals surface area contributed by atoms with Crippen LogP contribution in [0.1, 0.15) is 32.1 Å².